The molecule has 0 spiro atoms. The van der Waals surface area contributed by atoms with E-state index in [2.05, 4.69) is 5.32 Å². The lowest BCUT2D eigenvalue weighted by Crippen LogP contribution is -2.37. The minimum Gasteiger partial charge on any atom is -0.489 e. The molecule has 1 saturated carbocycles. The van der Waals surface area contributed by atoms with Crippen LogP contribution in [0.3, 0.4) is 0 Å². The largest absolute Gasteiger partial charge is 0.489 e. The lowest BCUT2D eigenvalue weighted by molar-refractivity contribution is -0.126. The molecule has 140 valence electrons. The van der Waals surface area contributed by atoms with Gasteiger partial charge in [-0.3, -0.25) is 4.79 Å². The lowest BCUT2D eigenvalue weighted by atomic mass is 9.85. The number of halogens is 1. The quantitative estimate of drug-likeness (QED) is 0.807. The van der Waals surface area contributed by atoms with Gasteiger partial charge in [-0.25, -0.2) is 0 Å². The van der Waals surface area contributed by atoms with Gasteiger partial charge in [-0.1, -0.05) is 48.9 Å². The molecule has 2 aromatic carbocycles. The summed E-state index contributed by atoms with van der Waals surface area (Å²) in [6.45, 7) is 1.10. The van der Waals surface area contributed by atoms with Crippen LogP contribution < -0.4 is 15.8 Å². The molecule has 1 fully saturated rings. The van der Waals surface area contributed by atoms with Crippen molar-refractivity contribution in [3.05, 3.63) is 65.7 Å². The van der Waals surface area contributed by atoms with Crippen LogP contribution in [-0.2, 0) is 17.9 Å². The van der Waals surface area contributed by atoms with Crippen LogP contribution in [0.5, 0.6) is 5.75 Å². The molecule has 0 bridgehead atoms. The first-order chi connectivity index (χ1) is 12.2. The topological polar surface area (TPSA) is 64.4 Å². The Hall–Kier alpha value is -2.04. The Morgan fingerprint density at radius 3 is 2.46 bits per heavy atom. The van der Waals surface area contributed by atoms with Gasteiger partial charge in [0.25, 0.3) is 0 Å². The average molecular weight is 375 g/mol. The van der Waals surface area contributed by atoms with Crippen LogP contribution in [0, 0.1) is 5.92 Å². The van der Waals surface area contributed by atoms with Crippen molar-refractivity contribution in [3.63, 3.8) is 0 Å². The minimum absolute atomic E-state index is 0. The van der Waals surface area contributed by atoms with Crippen molar-refractivity contribution in [2.75, 3.05) is 0 Å². The molecule has 1 aliphatic carbocycles. The van der Waals surface area contributed by atoms with Crippen LogP contribution in [0.4, 0.5) is 0 Å². The second-order valence-corrected chi connectivity index (χ2v) is 6.76. The predicted molar refractivity (Wildman–Crippen MR) is 106 cm³/mol. The van der Waals surface area contributed by atoms with E-state index >= 15 is 0 Å². The van der Waals surface area contributed by atoms with E-state index in [-0.39, 0.29) is 30.3 Å². The Morgan fingerprint density at radius 1 is 1.04 bits per heavy atom. The highest BCUT2D eigenvalue weighted by atomic mass is 35.5. The summed E-state index contributed by atoms with van der Waals surface area (Å²) in [6, 6.07) is 18.1. The molecule has 2 unspecified atom stereocenters. The molecule has 0 heterocycles. The Labute approximate surface area is 161 Å². The normalized spacial score (nSPS) is 19.3. The highest BCUT2D eigenvalue weighted by Gasteiger charge is 2.24. The molecule has 3 N–H and O–H groups in total. The summed E-state index contributed by atoms with van der Waals surface area (Å²) in [5, 5.41) is 3.03. The number of benzene rings is 2. The van der Waals surface area contributed by atoms with Crippen LogP contribution in [0.2, 0.25) is 0 Å². The monoisotopic (exact) mass is 374 g/mol. The highest BCUT2D eigenvalue weighted by molar-refractivity contribution is 5.85. The van der Waals surface area contributed by atoms with Crippen molar-refractivity contribution in [2.45, 2.75) is 44.9 Å². The number of rotatable bonds is 6. The second-order valence-electron chi connectivity index (χ2n) is 6.76. The molecule has 26 heavy (non-hydrogen) atoms. The van der Waals surface area contributed by atoms with E-state index in [9.17, 15) is 4.79 Å². The SMILES string of the molecule is Cl.NC1CCCC(C(=O)NCc2ccc(OCc3ccccc3)cc2)C1. The number of ether oxygens (including phenoxy) is 1. The number of amides is 1. The van der Waals surface area contributed by atoms with Gasteiger partial charge >= 0.3 is 0 Å². The van der Waals surface area contributed by atoms with Crippen molar-refractivity contribution in [2.24, 2.45) is 11.7 Å². The molecule has 2 atom stereocenters. The summed E-state index contributed by atoms with van der Waals surface area (Å²) in [5.74, 6) is 1.02. The third kappa shape index (κ3) is 6.04. The summed E-state index contributed by atoms with van der Waals surface area (Å²) in [5.41, 5.74) is 8.18. The smallest absolute Gasteiger partial charge is 0.223 e. The van der Waals surface area contributed by atoms with Gasteiger partial charge in [-0.2, -0.15) is 0 Å². The van der Waals surface area contributed by atoms with Crippen molar-refractivity contribution >= 4 is 18.3 Å². The van der Waals surface area contributed by atoms with Gasteiger partial charge in [0.05, 0.1) is 0 Å². The Kier molecular flexibility index (Phi) is 7.95. The zero-order valence-electron chi connectivity index (χ0n) is 14.9. The molecule has 0 saturated heterocycles. The van der Waals surface area contributed by atoms with Crippen LogP contribution in [-0.4, -0.2) is 11.9 Å². The van der Waals surface area contributed by atoms with Crippen molar-refractivity contribution < 1.29 is 9.53 Å². The third-order valence-electron chi connectivity index (χ3n) is 4.72. The third-order valence-corrected chi connectivity index (χ3v) is 4.72. The molecular formula is C21H27ClN2O2. The molecule has 0 aromatic heterocycles. The van der Waals surface area contributed by atoms with Crippen LogP contribution in [0.25, 0.3) is 0 Å². The van der Waals surface area contributed by atoms with Crippen LogP contribution in [0.15, 0.2) is 54.6 Å². The fourth-order valence-corrected chi connectivity index (χ4v) is 3.24. The first-order valence-corrected chi connectivity index (χ1v) is 8.99. The van der Waals surface area contributed by atoms with Crippen LogP contribution >= 0.6 is 12.4 Å². The lowest BCUT2D eigenvalue weighted by Gasteiger charge is -2.25. The maximum atomic E-state index is 12.3. The fraction of sp³-hybridized carbons (Fsp3) is 0.381. The van der Waals surface area contributed by atoms with Crippen LogP contribution in [0.1, 0.15) is 36.8 Å². The Bertz CT molecular complexity index is 676. The number of nitrogens with one attached hydrogen (secondary N) is 1. The van der Waals surface area contributed by atoms with Gasteiger partial charge in [0.15, 0.2) is 0 Å². The molecule has 2 aromatic rings. The van der Waals surface area contributed by atoms with Gasteiger partial charge < -0.3 is 15.8 Å². The summed E-state index contributed by atoms with van der Waals surface area (Å²) in [4.78, 5) is 12.3. The van der Waals surface area contributed by atoms with Crippen molar-refractivity contribution in [1.82, 2.24) is 5.32 Å². The predicted octanol–water partition coefficient (Wildman–Crippen LogP) is 3.82. The van der Waals surface area contributed by atoms with Gasteiger partial charge in [0.1, 0.15) is 12.4 Å². The van der Waals surface area contributed by atoms with Crippen molar-refractivity contribution in [3.8, 4) is 5.75 Å². The molecule has 1 aliphatic rings. The maximum absolute atomic E-state index is 12.3. The minimum atomic E-state index is 0. The summed E-state index contributed by atoms with van der Waals surface area (Å²) < 4.78 is 5.78. The molecule has 3 rings (SSSR count). The highest BCUT2D eigenvalue weighted by Crippen LogP contribution is 2.23. The number of carbonyl (C=O) groups excluding carboxylic acids is 1. The molecule has 1 amide bonds. The second kappa shape index (κ2) is 10.2. The van der Waals surface area contributed by atoms with E-state index in [1.54, 1.807) is 0 Å². The van der Waals surface area contributed by atoms with E-state index < -0.39 is 0 Å². The summed E-state index contributed by atoms with van der Waals surface area (Å²) >= 11 is 0. The van der Waals surface area contributed by atoms with Gasteiger partial charge in [-0.05, 0) is 42.5 Å². The first-order valence-electron chi connectivity index (χ1n) is 8.99. The van der Waals surface area contributed by atoms with Crippen molar-refractivity contribution in [1.29, 1.82) is 0 Å². The number of hydrogen-bond donors (Lipinski definition) is 2. The Morgan fingerprint density at radius 2 is 1.77 bits per heavy atom. The standard InChI is InChI=1S/C21H26N2O2.ClH/c22-19-8-4-7-18(13-19)21(24)23-14-16-9-11-20(12-10-16)25-15-17-5-2-1-3-6-17;/h1-3,5-6,9-12,18-19H,4,7-8,13-15,22H2,(H,23,24);1H. The molecule has 0 aliphatic heterocycles. The van der Waals surface area contributed by atoms with E-state index in [1.807, 2.05) is 54.6 Å². The average Bonchev–Trinajstić information content (AvgIpc) is 2.66. The van der Waals surface area contributed by atoms with Gasteiger partial charge in [0.2, 0.25) is 5.91 Å². The molecular weight excluding hydrogens is 348 g/mol. The number of hydrogen-bond acceptors (Lipinski definition) is 3. The molecule has 5 heteroatoms. The fourth-order valence-electron chi connectivity index (χ4n) is 3.24. The maximum Gasteiger partial charge on any atom is 0.223 e. The molecule has 0 radical (unpaired) electrons. The number of nitrogens with two attached hydrogens (primary N) is 1. The van der Waals surface area contributed by atoms with Gasteiger partial charge in [-0.15, -0.1) is 12.4 Å². The summed E-state index contributed by atoms with van der Waals surface area (Å²) in [7, 11) is 0. The van der Waals surface area contributed by atoms with E-state index in [4.69, 9.17) is 10.5 Å². The van der Waals surface area contributed by atoms with E-state index in [0.717, 1.165) is 42.6 Å². The van der Waals surface area contributed by atoms with Gasteiger partial charge in [0, 0.05) is 18.5 Å². The van der Waals surface area contributed by atoms with E-state index in [1.165, 1.54) is 0 Å². The number of carbonyl (C=O) groups is 1. The molecule has 4 nitrogen and oxygen atoms in total. The Balaban J connectivity index is 0.00000243. The van der Waals surface area contributed by atoms with E-state index in [0.29, 0.717) is 13.2 Å². The zero-order valence-corrected chi connectivity index (χ0v) is 15.7. The zero-order chi connectivity index (χ0) is 17.5. The first kappa shape index (κ1) is 20.3. The summed E-state index contributed by atoms with van der Waals surface area (Å²) in [6.07, 6.45) is 3.84.